The van der Waals surface area contributed by atoms with Gasteiger partial charge in [-0.3, -0.25) is 4.79 Å². The Hall–Kier alpha value is -1.33. The molecular formula is C5H2F3N2O. The number of alkyl halides is 3. The Bertz CT molecular complexity index is 303. The first-order chi connectivity index (χ1) is 5.00. The molecule has 3 nitrogen and oxygen atoms in total. The Labute approximate surface area is 58.9 Å². The van der Waals surface area contributed by atoms with Gasteiger partial charge in [0.1, 0.15) is 5.69 Å². The molecule has 0 unspecified atom stereocenters. The van der Waals surface area contributed by atoms with E-state index in [1.165, 1.54) is 0 Å². The van der Waals surface area contributed by atoms with Crippen LogP contribution in [0, 0.1) is 6.20 Å². The molecule has 0 aromatic carbocycles. The minimum atomic E-state index is -4.55. The molecule has 1 aromatic rings. The van der Waals surface area contributed by atoms with Gasteiger partial charge in [-0.15, -0.1) is 0 Å². The molecule has 0 saturated carbocycles. The van der Waals surface area contributed by atoms with Crippen molar-refractivity contribution in [2.75, 3.05) is 0 Å². The van der Waals surface area contributed by atoms with E-state index in [4.69, 9.17) is 0 Å². The van der Waals surface area contributed by atoms with Gasteiger partial charge in [-0.2, -0.15) is 13.2 Å². The first kappa shape index (κ1) is 7.77. The van der Waals surface area contributed by atoms with Gasteiger partial charge < -0.3 is 4.98 Å². The average molecular weight is 163 g/mol. The fourth-order valence-electron chi connectivity index (χ4n) is 0.482. The largest absolute Gasteiger partial charge is 0.432 e. The molecule has 1 radical (unpaired) electrons. The van der Waals surface area contributed by atoms with Crippen LogP contribution in [0.15, 0.2) is 11.0 Å². The lowest BCUT2D eigenvalue weighted by Crippen LogP contribution is -2.16. The zero-order valence-electron chi connectivity index (χ0n) is 5.07. The lowest BCUT2D eigenvalue weighted by molar-refractivity contribution is -0.141. The smallest absolute Gasteiger partial charge is 0.315 e. The highest BCUT2D eigenvalue weighted by Gasteiger charge is 2.31. The van der Waals surface area contributed by atoms with Gasteiger partial charge in [0.25, 0.3) is 5.56 Å². The molecule has 1 N–H and O–H groups in total. The summed E-state index contributed by atoms with van der Waals surface area (Å²) in [6, 6.07) is 0. The second-order valence-corrected chi connectivity index (χ2v) is 1.74. The maximum atomic E-state index is 11.7. The number of halogens is 3. The van der Waals surface area contributed by atoms with Gasteiger partial charge in [0.2, 0.25) is 0 Å². The maximum absolute atomic E-state index is 11.7. The van der Waals surface area contributed by atoms with Crippen molar-refractivity contribution in [3.63, 3.8) is 0 Å². The summed E-state index contributed by atoms with van der Waals surface area (Å²) in [7, 11) is 0. The van der Waals surface area contributed by atoms with Crippen molar-refractivity contribution in [3.8, 4) is 0 Å². The number of hydrogen-bond donors (Lipinski definition) is 1. The van der Waals surface area contributed by atoms with Gasteiger partial charge in [-0.25, -0.2) is 4.98 Å². The first-order valence-electron chi connectivity index (χ1n) is 2.54. The van der Waals surface area contributed by atoms with Crippen molar-refractivity contribution in [3.05, 3.63) is 28.4 Å². The number of aromatic amines is 1. The van der Waals surface area contributed by atoms with Crippen molar-refractivity contribution < 1.29 is 13.2 Å². The molecule has 59 valence electrons. The van der Waals surface area contributed by atoms with E-state index >= 15 is 0 Å². The van der Waals surface area contributed by atoms with Crippen LogP contribution in [0.25, 0.3) is 0 Å². The molecule has 0 atom stereocenters. The Morgan fingerprint density at radius 2 is 2.18 bits per heavy atom. The fourth-order valence-corrected chi connectivity index (χ4v) is 0.482. The van der Waals surface area contributed by atoms with Crippen LogP contribution in [0.2, 0.25) is 0 Å². The summed E-state index contributed by atoms with van der Waals surface area (Å²) in [4.78, 5) is 14.8. The fraction of sp³-hybridized carbons (Fsp3) is 0.200. The molecule has 0 fully saturated rings. The molecule has 0 aliphatic heterocycles. The van der Waals surface area contributed by atoms with E-state index in [2.05, 4.69) is 4.98 Å². The predicted octanol–water partition coefficient (Wildman–Crippen LogP) is 0.589. The van der Waals surface area contributed by atoms with Gasteiger partial charge in [0.15, 0.2) is 6.20 Å². The number of nitrogens with zero attached hydrogens (tertiary/aromatic N) is 1. The Kier molecular flexibility index (Phi) is 1.67. The quantitative estimate of drug-likeness (QED) is 0.608. The monoisotopic (exact) mass is 163 g/mol. The summed E-state index contributed by atoms with van der Waals surface area (Å²) in [5.74, 6) is 0. The Balaban J connectivity index is 3.16. The van der Waals surface area contributed by atoms with Gasteiger partial charge in [-0.1, -0.05) is 0 Å². The van der Waals surface area contributed by atoms with Gasteiger partial charge in [-0.05, 0) is 0 Å². The summed E-state index contributed by atoms with van der Waals surface area (Å²) in [5, 5.41) is 0. The van der Waals surface area contributed by atoms with Crippen LogP contribution in [0.5, 0.6) is 0 Å². The highest BCUT2D eigenvalue weighted by molar-refractivity contribution is 4.98. The van der Waals surface area contributed by atoms with E-state index in [-0.39, 0.29) is 0 Å². The van der Waals surface area contributed by atoms with Crippen LogP contribution in [0.1, 0.15) is 5.69 Å². The van der Waals surface area contributed by atoms with E-state index in [1.807, 2.05) is 0 Å². The second-order valence-electron chi connectivity index (χ2n) is 1.74. The lowest BCUT2D eigenvalue weighted by Gasteiger charge is -2.02. The molecule has 6 heteroatoms. The molecular weight excluding hydrogens is 161 g/mol. The standard InChI is InChI=1S/C5H2F3N2O/c6-5(7,8)3-1-9-2-4(11)10-3/h1H,(H,10,11). The van der Waals surface area contributed by atoms with Crippen LogP contribution < -0.4 is 5.56 Å². The third-order valence-electron chi connectivity index (χ3n) is 0.913. The van der Waals surface area contributed by atoms with Crippen molar-refractivity contribution in [1.29, 1.82) is 0 Å². The lowest BCUT2D eigenvalue weighted by atomic mass is 10.4. The van der Waals surface area contributed by atoms with Crippen LogP contribution in [-0.2, 0) is 6.18 Å². The maximum Gasteiger partial charge on any atom is 0.432 e. The molecule has 11 heavy (non-hydrogen) atoms. The minimum absolute atomic E-state index is 0.501. The average Bonchev–Trinajstić information content (AvgIpc) is 1.86. The van der Waals surface area contributed by atoms with Crippen molar-refractivity contribution in [2.24, 2.45) is 0 Å². The molecule has 0 amide bonds. The summed E-state index contributed by atoms with van der Waals surface area (Å²) in [5.41, 5.74) is -2.15. The van der Waals surface area contributed by atoms with Crippen molar-refractivity contribution in [2.45, 2.75) is 6.18 Å². The highest BCUT2D eigenvalue weighted by atomic mass is 19.4. The summed E-state index contributed by atoms with van der Waals surface area (Å²) < 4.78 is 35.2. The topological polar surface area (TPSA) is 45.8 Å². The second kappa shape index (κ2) is 2.37. The van der Waals surface area contributed by atoms with Crippen LogP contribution >= 0.6 is 0 Å². The Morgan fingerprint density at radius 3 is 2.55 bits per heavy atom. The number of aromatic nitrogens is 2. The number of hydrogen-bond acceptors (Lipinski definition) is 2. The van der Waals surface area contributed by atoms with E-state index in [9.17, 15) is 18.0 Å². The first-order valence-corrected chi connectivity index (χ1v) is 2.54. The molecule has 1 aromatic heterocycles. The SMILES string of the molecule is O=c1[c]ncc(C(F)(F)F)[nH]1. The summed E-state index contributed by atoms with van der Waals surface area (Å²) in [6.07, 6.45) is -2.27. The molecule has 0 aliphatic rings. The van der Waals surface area contributed by atoms with E-state index in [0.29, 0.717) is 6.20 Å². The molecule has 0 aliphatic carbocycles. The molecule has 1 rings (SSSR count). The van der Waals surface area contributed by atoms with E-state index in [0.717, 1.165) is 0 Å². The Morgan fingerprint density at radius 1 is 1.55 bits per heavy atom. The normalized spacial score (nSPS) is 11.5. The molecule has 0 saturated heterocycles. The third kappa shape index (κ3) is 1.79. The van der Waals surface area contributed by atoms with Gasteiger partial charge in [0.05, 0.1) is 6.20 Å². The van der Waals surface area contributed by atoms with Crippen molar-refractivity contribution in [1.82, 2.24) is 9.97 Å². The summed E-state index contributed by atoms with van der Waals surface area (Å²) in [6.45, 7) is 0. The number of rotatable bonds is 0. The number of H-pyrrole nitrogens is 1. The van der Waals surface area contributed by atoms with Gasteiger partial charge in [0, 0.05) is 0 Å². The predicted molar refractivity (Wildman–Crippen MR) is 28.7 cm³/mol. The van der Waals surface area contributed by atoms with E-state index < -0.39 is 17.4 Å². The number of nitrogens with one attached hydrogen (secondary N) is 1. The van der Waals surface area contributed by atoms with Gasteiger partial charge >= 0.3 is 6.18 Å². The highest BCUT2D eigenvalue weighted by Crippen LogP contribution is 2.25. The third-order valence-corrected chi connectivity index (χ3v) is 0.913. The zero-order valence-corrected chi connectivity index (χ0v) is 5.07. The minimum Gasteiger partial charge on any atom is -0.315 e. The zero-order chi connectivity index (χ0) is 8.48. The van der Waals surface area contributed by atoms with Crippen LogP contribution in [-0.4, -0.2) is 9.97 Å². The molecule has 0 spiro atoms. The van der Waals surface area contributed by atoms with E-state index in [1.54, 1.807) is 11.2 Å². The van der Waals surface area contributed by atoms with Crippen molar-refractivity contribution >= 4 is 0 Å². The summed E-state index contributed by atoms with van der Waals surface area (Å²) >= 11 is 0. The molecule has 1 heterocycles. The van der Waals surface area contributed by atoms with Crippen LogP contribution in [0.3, 0.4) is 0 Å². The molecule has 0 bridgehead atoms. The van der Waals surface area contributed by atoms with Crippen LogP contribution in [0.4, 0.5) is 13.2 Å².